The zero-order chi connectivity index (χ0) is 14.1. The van der Waals surface area contributed by atoms with Gasteiger partial charge in [-0.1, -0.05) is 40.2 Å². The molecule has 0 fully saturated rings. The molecule has 0 saturated heterocycles. The van der Waals surface area contributed by atoms with Gasteiger partial charge in [0.15, 0.2) is 0 Å². The van der Waals surface area contributed by atoms with Crippen LogP contribution >= 0.6 is 43.2 Å². The summed E-state index contributed by atoms with van der Waals surface area (Å²) < 4.78 is 2.30. The minimum atomic E-state index is 0.272. The average molecular weight is 411 g/mol. The van der Waals surface area contributed by atoms with E-state index in [0.717, 1.165) is 10.2 Å². The molecule has 20 heavy (non-hydrogen) atoms. The highest BCUT2D eigenvalue weighted by Crippen LogP contribution is 2.35. The Morgan fingerprint density at radius 2 is 1.70 bits per heavy atom. The zero-order valence-corrected chi connectivity index (χ0v) is 14.8. The Morgan fingerprint density at radius 1 is 0.950 bits per heavy atom. The van der Waals surface area contributed by atoms with Crippen molar-refractivity contribution in [1.29, 1.82) is 0 Å². The summed E-state index contributed by atoms with van der Waals surface area (Å²) in [6, 6.07) is 15.0. The van der Waals surface area contributed by atoms with E-state index in [1.165, 1.54) is 20.1 Å². The molecular formula is C16H13Br2NS. The summed E-state index contributed by atoms with van der Waals surface area (Å²) in [5.74, 6) is 0. The minimum Gasteiger partial charge on any atom is -0.377 e. The Labute approximate surface area is 139 Å². The van der Waals surface area contributed by atoms with Crippen LogP contribution in [0.4, 0.5) is 5.69 Å². The second-order valence-electron chi connectivity index (χ2n) is 4.64. The largest absolute Gasteiger partial charge is 0.377 e. The van der Waals surface area contributed by atoms with E-state index in [9.17, 15) is 0 Å². The van der Waals surface area contributed by atoms with Gasteiger partial charge in [0, 0.05) is 24.9 Å². The van der Waals surface area contributed by atoms with E-state index >= 15 is 0 Å². The second kappa shape index (κ2) is 5.88. The number of nitrogens with one attached hydrogen (secondary N) is 1. The molecule has 0 saturated carbocycles. The summed E-state index contributed by atoms with van der Waals surface area (Å²) in [5, 5.41) is 8.19. The Balaban J connectivity index is 1.99. The average Bonchev–Trinajstić information content (AvgIpc) is 2.88. The van der Waals surface area contributed by atoms with Crippen LogP contribution in [0.1, 0.15) is 17.8 Å². The van der Waals surface area contributed by atoms with E-state index in [4.69, 9.17) is 0 Å². The quantitative estimate of drug-likeness (QED) is 0.512. The first-order valence-electron chi connectivity index (χ1n) is 6.33. The van der Waals surface area contributed by atoms with Crippen LogP contribution in [0.5, 0.6) is 0 Å². The van der Waals surface area contributed by atoms with Crippen LogP contribution in [0.25, 0.3) is 10.8 Å². The molecule has 0 aliphatic rings. The van der Waals surface area contributed by atoms with Crippen LogP contribution in [-0.2, 0) is 0 Å². The number of hydrogen-bond acceptors (Lipinski definition) is 2. The Kier molecular flexibility index (Phi) is 4.15. The molecule has 3 aromatic rings. The van der Waals surface area contributed by atoms with E-state index < -0.39 is 0 Å². The van der Waals surface area contributed by atoms with Crippen molar-refractivity contribution in [2.24, 2.45) is 0 Å². The molecule has 2 aromatic carbocycles. The number of fused-ring (bicyclic) bond motifs is 1. The van der Waals surface area contributed by atoms with Gasteiger partial charge in [0.1, 0.15) is 0 Å². The maximum atomic E-state index is 3.61. The third kappa shape index (κ3) is 2.65. The fourth-order valence-electron chi connectivity index (χ4n) is 2.30. The molecule has 1 nitrogen and oxygen atoms in total. The number of hydrogen-bond donors (Lipinski definition) is 1. The molecule has 1 N–H and O–H groups in total. The van der Waals surface area contributed by atoms with Gasteiger partial charge in [-0.25, -0.2) is 0 Å². The highest BCUT2D eigenvalue weighted by Gasteiger charge is 2.12. The fourth-order valence-corrected chi connectivity index (χ4v) is 4.50. The van der Waals surface area contributed by atoms with E-state index in [0.29, 0.717) is 0 Å². The van der Waals surface area contributed by atoms with Crippen LogP contribution in [0.15, 0.2) is 56.8 Å². The first kappa shape index (κ1) is 14.1. The molecule has 0 aliphatic carbocycles. The summed E-state index contributed by atoms with van der Waals surface area (Å²) in [7, 11) is 0. The molecular weight excluding hydrogens is 398 g/mol. The lowest BCUT2D eigenvalue weighted by Gasteiger charge is -2.17. The number of rotatable bonds is 3. The lowest BCUT2D eigenvalue weighted by Crippen LogP contribution is -2.05. The molecule has 0 amide bonds. The van der Waals surface area contributed by atoms with E-state index in [-0.39, 0.29) is 6.04 Å². The smallest absolute Gasteiger partial charge is 0.0590 e. The zero-order valence-electron chi connectivity index (χ0n) is 10.9. The first-order chi connectivity index (χ1) is 9.66. The molecule has 1 unspecified atom stereocenters. The number of anilines is 1. The second-order valence-corrected chi connectivity index (χ2v) is 7.30. The number of thiophene rings is 1. The number of benzene rings is 2. The molecule has 102 valence electrons. The summed E-state index contributed by atoms with van der Waals surface area (Å²) >= 11 is 8.99. The van der Waals surface area contributed by atoms with Crippen molar-refractivity contribution < 1.29 is 0 Å². The van der Waals surface area contributed by atoms with Gasteiger partial charge < -0.3 is 5.32 Å². The van der Waals surface area contributed by atoms with E-state index in [2.05, 4.69) is 91.9 Å². The summed E-state index contributed by atoms with van der Waals surface area (Å²) in [6.07, 6.45) is 0. The van der Waals surface area contributed by atoms with Gasteiger partial charge in [-0.05, 0) is 51.8 Å². The molecule has 3 rings (SSSR count). The lowest BCUT2D eigenvalue weighted by atomic mass is 10.1. The molecule has 0 bridgehead atoms. The van der Waals surface area contributed by atoms with Crippen LogP contribution in [0, 0.1) is 0 Å². The van der Waals surface area contributed by atoms with Gasteiger partial charge in [0.2, 0.25) is 0 Å². The third-order valence-corrected chi connectivity index (χ3v) is 6.03. The minimum absolute atomic E-state index is 0.272. The number of halogens is 2. The SMILES string of the molecule is CC(Nc1ccc(Br)c2ccccc12)c1sccc1Br. The highest BCUT2D eigenvalue weighted by molar-refractivity contribution is 9.11. The maximum absolute atomic E-state index is 3.61. The van der Waals surface area contributed by atoms with Gasteiger partial charge in [-0.2, -0.15) is 0 Å². The Bertz CT molecular complexity index is 751. The van der Waals surface area contributed by atoms with E-state index in [1.807, 2.05) is 0 Å². The molecule has 1 atom stereocenters. The highest BCUT2D eigenvalue weighted by atomic mass is 79.9. The Hall–Kier alpha value is -0.840. The summed E-state index contributed by atoms with van der Waals surface area (Å²) in [5.41, 5.74) is 1.16. The maximum Gasteiger partial charge on any atom is 0.0590 e. The van der Waals surface area contributed by atoms with Crippen LogP contribution in [0.3, 0.4) is 0 Å². The van der Waals surface area contributed by atoms with Crippen molar-refractivity contribution in [3.05, 3.63) is 61.7 Å². The molecule has 0 aliphatic heterocycles. The molecule has 0 spiro atoms. The van der Waals surface area contributed by atoms with Gasteiger partial charge in [0.05, 0.1) is 6.04 Å². The fraction of sp³-hybridized carbons (Fsp3) is 0.125. The topological polar surface area (TPSA) is 12.0 Å². The van der Waals surface area contributed by atoms with Crippen molar-refractivity contribution in [3.63, 3.8) is 0 Å². The van der Waals surface area contributed by atoms with Gasteiger partial charge in [-0.3, -0.25) is 0 Å². The summed E-state index contributed by atoms with van der Waals surface area (Å²) in [6.45, 7) is 2.19. The normalized spacial score (nSPS) is 12.6. The molecule has 4 heteroatoms. The standard InChI is InChI=1S/C16H13Br2NS/c1-10(16-14(18)8-9-20-16)19-15-7-6-13(17)11-4-2-3-5-12(11)15/h2-10,19H,1H3. The van der Waals surface area contributed by atoms with Crippen molar-refractivity contribution in [1.82, 2.24) is 0 Å². The van der Waals surface area contributed by atoms with Gasteiger partial charge >= 0.3 is 0 Å². The molecule has 0 radical (unpaired) electrons. The van der Waals surface area contributed by atoms with Gasteiger partial charge in [0.25, 0.3) is 0 Å². The van der Waals surface area contributed by atoms with Crippen LogP contribution < -0.4 is 5.32 Å². The van der Waals surface area contributed by atoms with Crippen molar-refractivity contribution in [2.75, 3.05) is 5.32 Å². The predicted octanol–water partition coefficient (Wildman–Crippen LogP) is 6.60. The first-order valence-corrected chi connectivity index (χ1v) is 8.80. The van der Waals surface area contributed by atoms with Crippen molar-refractivity contribution in [2.45, 2.75) is 13.0 Å². The van der Waals surface area contributed by atoms with Crippen LogP contribution in [-0.4, -0.2) is 0 Å². The van der Waals surface area contributed by atoms with Crippen molar-refractivity contribution >= 4 is 59.7 Å². The lowest BCUT2D eigenvalue weighted by molar-refractivity contribution is 0.905. The van der Waals surface area contributed by atoms with Crippen molar-refractivity contribution in [3.8, 4) is 0 Å². The third-order valence-electron chi connectivity index (χ3n) is 3.28. The Morgan fingerprint density at radius 3 is 2.40 bits per heavy atom. The molecule has 1 heterocycles. The van der Waals surface area contributed by atoms with Gasteiger partial charge in [-0.15, -0.1) is 11.3 Å². The molecule has 1 aromatic heterocycles. The monoisotopic (exact) mass is 409 g/mol. The predicted molar refractivity (Wildman–Crippen MR) is 95.7 cm³/mol. The van der Waals surface area contributed by atoms with E-state index in [1.54, 1.807) is 11.3 Å². The van der Waals surface area contributed by atoms with Crippen LogP contribution in [0.2, 0.25) is 0 Å². The summed E-state index contributed by atoms with van der Waals surface area (Å²) in [4.78, 5) is 1.32.